The fourth-order valence-corrected chi connectivity index (χ4v) is 3.84. The topological polar surface area (TPSA) is 118 Å². The number of fused-ring (bicyclic) bond motifs is 1. The van der Waals surface area contributed by atoms with Crippen molar-refractivity contribution in [1.29, 1.82) is 0 Å². The van der Waals surface area contributed by atoms with Crippen LogP contribution in [-0.4, -0.2) is 45.1 Å². The summed E-state index contributed by atoms with van der Waals surface area (Å²) in [4.78, 5) is 31.0. The summed E-state index contributed by atoms with van der Waals surface area (Å²) in [7, 11) is 1.35. The maximum atomic E-state index is 12.4. The molecule has 1 aromatic carbocycles. The van der Waals surface area contributed by atoms with Crippen molar-refractivity contribution in [2.24, 2.45) is 0 Å². The molecule has 0 atom stereocenters. The molecule has 4 aromatic rings. The van der Waals surface area contributed by atoms with Crippen LogP contribution in [0, 0.1) is 0 Å². The number of rotatable bonds is 8. The second-order valence-corrected chi connectivity index (χ2v) is 7.49. The van der Waals surface area contributed by atoms with E-state index in [1.165, 1.54) is 37.6 Å². The summed E-state index contributed by atoms with van der Waals surface area (Å²) in [5.41, 5.74) is 0.956. The highest BCUT2D eigenvalue weighted by Crippen LogP contribution is 2.37. The molecule has 3 aromatic heterocycles. The number of aromatic amines is 2. The largest absolute Gasteiger partial charge is 0.481 e. The summed E-state index contributed by atoms with van der Waals surface area (Å²) in [6.45, 7) is -0.791. The van der Waals surface area contributed by atoms with E-state index in [2.05, 4.69) is 29.6 Å². The van der Waals surface area contributed by atoms with Gasteiger partial charge in [0.1, 0.15) is 12.3 Å². The van der Waals surface area contributed by atoms with E-state index in [0.717, 1.165) is 10.3 Å². The molecule has 0 unspecified atom stereocenters. The number of alkyl halides is 2. The summed E-state index contributed by atoms with van der Waals surface area (Å²) < 4.78 is 37.7. The second kappa shape index (κ2) is 9.40. The molecular formula is C19H15ClF2N6O3S. The van der Waals surface area contributed by atoms with Crippen molar-refractivity contribution in [3.63, 3.8) is 0 Å². The fraction of sp³-hybridized carbons (Fsp3) is 0.158. The Kier molecular flexibility index (Phi) is 6.42. The van der Waals surface area contributed by atoms with Gasteiger partial charge in [-0.25, -0.2) is 18.7 Å². The molecule has 0 amide bonds. The van der Waals surface area contributed by atoms with Crippen LogP contribution in [0.4, 0.5) is 14.7 Å². The van der Waals surface area contributed by atoms with Crippen LogP contribution in [0.1, 0.15) is 0 Å². The van der Waals surface area contributed by atoms with Crippen LogP contribution >= 0.6 is 23.5 Å². The van der Waals surface area contributed by atoms with Gasteiger partial charge in [-0.05, 0) is 18.0 Å². The number of H-pyrrole nitrogens is 2. The van der Waals surface area contributed by atoms with Gasteiger partial charge in [-0.2, -0.15) is 4.98 Å². The minimum Gasteiger partial charge on any atom is -0.481 e. The van der Waals surface area contributed by atoms with E-state index < -0.39 is 13.0 Å². The number of anilines is 1. The molecule has 13 heteroatoms. The minimum atomic E-state index is -2.63. The van der Waals surface area contributed by atoms with Gasteiger partial charge in [-0.3, -0.25) is 9.52 Å². The lowest BCUT2D eigenvalue weighted by atomic mass is 10.1. The molecule has 3 N–H and O–H groups in total. The number of nitrogens with one attached hydrogen (secondary N) is 3. The van der Waals surface area contributed by atoms with Crippen molar-refractivity contribution in [1.82, 2.24) is 24.9 Å². The monoisotopic (exact) mass is 480 g/mol. The normalized spacial score (nSPS) is 11.2. The SMILES string of the molecule is COc1nc(NSc2c[nH]c3c(-c4ncc[nH]c4=O)c(Cl)ccc23)ncc1OCC(F)F. The molecule has 0 aliphatic rings. The van der Waals surface area contributed by atoms with E-state index >= 15 is 0 Å². The van der Waals surface area contributed by atoms with Crippen LogP contribution < -0.4 is 19.8 Å². The number of methoxy groups -OCH3 is 1. The van der Waals surface area contributed by atoms with E-state index in [-0.39, 0.29) is 28.8 Å². The zero-order valence-electron chi connectivity index (χ0n) is 16.4. The van der Waals surface area contributed by atoms with Crippen LogP contribution in [0.3, 0.4) is 0 Å². The van der Waals surface area contributed by atoms with Gasteiger partial charge in [0.25, 0.3) is 17.9 Å². The molecule has 0 aliphatic heterocycles. The number of hydrogen-bond acceptors (Lipinski definition) is 8. The Labute approximate surface area is 188 Å². The van der Waals surface area contributed by atoms with Gasteiger partial charge in [0, 0.05) is 29.5 Å². The van der Waals surface area contributed by atoms with Crippen LogP contribution in [0.5, 0.6) is 11.6 Å². The van der Waals surface area contributed by atoms with Gasteiger partial charge in [-0.15, -0.1) is 0 Å². The van der Waals surface area contributed by atoms with E-state index in [9.17, 15) is 13.6 Å². The molecule has 166 valence electrons. The molecule has 32 heavy (non-hydrogen) atoms. The highest BCUT2D eigenvalue weighted by molar-refractivity contribution is 8.00. The van der Waals surface area contributed by atoms with Crippen molar-refractivity contribution in [2.75, 3.05) is 18.4 Å². The Balaban J connectivity index is 1.59. The first-order valence-electron chi connectivity index (χ1n) is 9.06. The average molecular weight is 481 g/mol. The zero-order valence-corrected chi connectivity index (χ0v) is 17.9. The van der Waals surface area contributed by atoms with E-state index in [0.29, 0.717) is 16.1 Å². The van der Waals surface area contributed by atoms with Crippen molar-refractivity contribution in [3.05, 3.63) is 52.3 Å². The molecule has 0 saturated carbocycles. The van der Waals surface area contributed by atoms with Crippen LogP contribution in [0.2, 0.25) is 5.02 Å². The molecule has 0 saturated heterocycles. The predicted molar refractivity (Wildman–Crippen MR) is 117 cm³/mol. The number of hydrogen-bond donors (Lipinski definition) is 3. The lowest BCUT2D eigenvalue weighted by molar-refractivity contribution is 0.0799. The number of ether oxygens (including phenoxy) is 2. The average Bonchev–Trinajstić information content (AvgIpc) is 3.20. The number of nitrogens with zero attached hydrogens (tertiary/aromatic N) is 3. The number of benzene rings is 1. The first-order chi connectivity index (χ1) is 15.5. The molecule has 9 nitrogen and oxygen atoms in total. The first-order valence-corrected chi connectivity index (χ1v) is 10.3. The first kappa shape index (κ1) is 21.8. The lowest BCUT2D eigenvalue weighted by Crippen LogP contribution is -2.10. The molecule has 0 fully saturated rings. The third-order valence-electron chi connectivity index (χ3n) is 4.24. The number of halogens is 3. The smallest absolute Gasteiger partial charge is 0.274 e. The Hall–Kier alpha value is -3.38. The molecule has 3 heterocycles. The van der Waals surface area contributed by atoms with Crippen molar-refractivity contribution >= 4 is 40.4 Å². The van der Waals surface area contributed by atoms with Gasteiger partial charge in [0.2, 0.25) is 5.95 Å². The molecule has 0 spiro atoms. The third-order valence-corrected chi connectivity index (χ3v) is 5.40. The quantitative estimate of drug-likeness (QED) is 0.322. The summed E-state index contributed by atoms with van der Waals surface area (Å²) >= 11 is 7.55. The van der Waals surface area contributed by atoms with Gasteiger partial charge >= 0.3 is 0 Å². The van der Waals surface area contributed by atoms with E-state index in [1.54, 1.807) is 12.3 Å². The third kappa shape index (κ3) is 4.46. The summed E-state index contributed by atoms with van der Waals surface area (Å²) in [6, 6.07) is 3.49. The van der Waals surface area contributed by atoms with Gasteiger partial charge < -0.3 is 19.4 Å². The Morgan fingerprint density at radius 3 is 2.88 bits per heavy atom. The molecule has 0 bridgehead atoms. The lowest BCUT2D eigenvalue weighted by Gasteiger charge is -2.10. The van der Waals surface area contributed by atoms with E-state index in [1.807, 2.05) is 6.07 Å². The van der Waals surface area contributed by atoms with Gasteiger partial charge in [0.05, 0.1) is 28.7 Å². The molecule has 0 radical (unpaired) electrons. The minimum absolute atomic E-state index is 0.00955. The zero-order chi connectivity index (χ0) is 22.7. The summed E-state index contributed by atoms with van der Waals surface area (Å²) in [6.07, 6.45) is 3.27. The summed E-state index contributed by atoms with van der Waals surface area (Å²) in [5.74, 6) is 0.211. The Morgan fingerprint density at radius 2 is 2.12 bits per heavy atom. The molecular weight excluding hydrogens is 466 g/mol. The number of aromatic nitrogens is 5. The Bertz CT molecular complexity index is 1320. The maximum Gasteiger partial charge on any atom is 0.274 e. The predicted octanol–water partition coefficient (Wildman–Crippen LogP) is 4.13. The van der Waals surface area contributed by atoms with Crippen LogP contribution in [0.15, 0.2) is 46.6 Å². The standard InChI is InChI=1S/C19H15ClF2N6O3S/c1-30-18-11(31-8-13(21)22)6-26-19(27-18)28-32-12-7-25-15-9(12)2-3-10(20)14(15)16-17(29)24-5-4-23-16/h2-7,13,25H,8H2,1H3,(H,24,29)(H,26,27,28). The Morgan fingerprint density at radius 1 is 1.28 bits per heavy atom. The van der Waals surface area contributed by atoms with Crippen molar-refractivity contribution in [2.45, 2.75) is 11.3 Å². The van der Waals surface area contributed by atoms with Gasteiger partial charge in [-0.1, -0.05) is 17.7 Å². The van der Waals surface area contributed by atoms with Crippen LogP contribution in [0.25, 0.3) is 22.2 Å². The van der Waals surface area contributed by atoms with E-state index in [4.69, 9.17) is 21.1 Å². The van der Waals surface area contributed by atoms with Gasteiger partial charge in [0.15, 0.2) is 5.75 Å². The maximum absolute atomic E-state index is 12.4. The molecule has 0 aliphatic carbocycles. The van der Waals surface area contributed by atoms with Crippen molar-refractivity contribution < 1.29 is 18.3 Å². The van der Waals surface area contributed by atoms with Crippen molar-refractivity contribution in [3.8, 4) is 22.9 Å². The fourth-order valence-electron chi connectivity index (χ4n) is 2.90. The highest BCUT2D eigenvalue weighted by Gasteiger charge is 2.17. The molecule has 4 rings (SSSR count). The van der Waals surface area contributed by atoms with Crippen LogP contribution in [-0.2, 0) is 0 Å². The highest BCUT2D eigenvalue weighted by atomic mass is 35.5. The second-order valence-electron chi connectivity index (χ2n) is 6.24. The summed E-state index contributed by atoms with van der Waals surface area (Å²) in [5, 5.41) is 1.16.